The summed E-state index contributed by atoms with van der Waals surface area (Å²) in [5, 5.41) is 0. The maximum Gasteiger partial charge on any atom is 0.257 e. The molecule has 0 aliphatic carbocycles. The third-order valence-electron chi connectivity index (χ3n) is 3.81. The molecule has 19 heavy (non-hydrogen) atoms. The lowest BCUT2D eigenvalue weighted by molar-refractivity contribution is 0.0777. The highest BCUT2D eigenvalue weighted by molar-refractivity contribution is 5.93. The number of likely N-dealkylation sites (N-methyl/N-ethyl adjacent to an activating group) is 1. The van der Waals surface area contributed by atoms with Crippen molar-refractivity contribution in [3.05, 3.63) is 23.8 Å². The van der Waals surface area contributed by atoms with Gasteiger partial charge in [0.1, 0.15) is 5.82 Å². The predicted molar refractivity (Wildman–Crippen MR) is 74.0 cm³/mol. The number of aromatic nitrogens is 2. The van der Waals surface area contributed by atoms with Crippen LogP contribution in [0.2, 0.25) is 0 Å². The van der Waals surface area contributed by atoms with Gasteiger partial charge >= 0.3 is 0 Å². The van der Waals surface area contributed by atoms with Crippen LogP contribution in [0.5, 0.6) is 0 Å². The molecule has 1 amide bonds. The van der Waals surface area contributed by atoms with Crippen molar-refractivity contribution in [1.29, 1.82) is 0 Å². The van der Waals surface area contributed by atoms with Crippen molar-refractivity contribution < 1.29 is 4.79 Å². The number of hydrogen-bond acceptors (Lipinski definition) is 4. The zero-order chi connectivity index (χ0) is 13.8. The van der Waals surface area contributed by atoms with Crippen molar-refractivity contribution in [2.24, 2.45) is 0 Å². The van der Waals surface area contributed by atoms with Gasteiger partial charge in [-0.1, -0.05) is 13.8 Å². The van der Waals surface area contributed by atoms with Crippen molar-refractivity contribution in [2.45, 2.75) is 33.2 Å². The quantitative estimate of drug-likeness (QED) is 0.821. The van der Waals surface area contributed by atoms with Crippen LogP contribution in [0.4, 0.5) is 0 Å². The van der Waals surface area contributed by atoms with Crippen LogP contribution in [0.3, 0.4) is 0 Å². The molecular weight excluding hydrogens is 240 g/mol. The van der Waals surface area contributed by atoms with E-state index in [1.54, 1.807) is 12.4 Å². The van der Waals surface area contributed by atoms with Crippen LogP contribution in [0, 0.1) is 6.92 Å². The summed E-state index contributed by atoms with van der Waals surface area (Å²) >= 11 is 0. The highest BCUT2D eigenvalue weighted by atomic mass is 16.2. The molecule has 5 heteroatoms. The molecule has 1 aliphatic rings. The van der Waals surface area contributed by atoms with Gasteiger partial charge in [-0.2, -0.15) is 0 Å². The monoisotopic (exact) mass is 262 g/mol. The third-order valence-corrected chi connectivity index (χ3v) is 3.81. The zero-order valence-electron chi connectivity index (χ0n) is 12.0. The van der Waals surface area contributed by atoms with Crippen molar-refractivity contribution in [3.8, 4) is 0 Å². The summed E-state index contributed by atoms with van der Waals surface area (Å²) in [6.07, 6.45) is 4.30. The number of nitrogens with zero attached hydrogens (tertiary/aromatic N) is 4. The SMILES string of the molecule is CCN(CC)[C@H]1CCN(C(=O)c2cnc(C)nc2)C1. The van der Waals surface area contributed by atoms with Gasteiger partial charge in [-0.05, 0) is 26.4 Å². The normalized spacial score (nSPS) is 19.2. The Balaban J connectivity index is 2.00. The Morgan fingerprint density at radius 2 is 2.00 bits per heavy atom. The molecule has 1 aromatic heterocycles. The van der Waals surface area contributed by atoms with Gasteiger partial charge in [0.05, 0.1) is 5.56 Å². The Morgan fingerprint density at radius 1 is 1.37 bits per heavy atom. The van der Waals surface area contributed by atoms with Gasteiger partial charge in [-0.15, -0.1) is 0 Å². The lowest BCUT2D eigenvalue weighted by Gasteiger charge is -2.26. The summed E-state index contributed by atoms with van der Waals surface area (Å²) in [5.74, 6) is 0.744. The minimum atomic E-state index is 0.0506. The van der Waals surface area contributed by atoms with E-state index in [1.165, 1.54) is 0 Å². The number of hydrogen-bond donors (Lipinski definition) is 0. The maximum absolute atomic E-state index is 12.3. The van der Waals surface area contributed by atoms with E-state index in [0.29, 0.717) is 17.4 Å². The van der Waals surface area contributed by atoms with Crippen LogP contribution in [-0.2, 0) is 0 Å². The first-order chi connectivity index (χ1) is 9.15. The number of likely N-dealkylation sites (tertiary alicyclic amines) is 1. The number of aryl methyl sites for hydroxylation is 1. The molecule has 0 radical (unpaired) electrons. The number of rotatable bonds is 4. The first kappa shape index (κ1) is 13.9. The van der Waals surface area contributed by atoms with E-state index >= 15 is 0 Å². The third kappa shape index (κ3) is 3.10. The van der Waals surface area contributed by atoms with Crippen LogP contribution in [0.15, 0.2) is 12.4 Å². The maximum atomic E-state index is 12.3. The summed E-state index contributed by atoms with van der Waals surface area (Å²) in [7, 11) is 0. The summed E-state index contributed by atoms with van der Waals surface area (Å²) < 4.78 is 0. The summed E-state index contributed by atoms with van der Waals surface area (Å²) in [6.45, 7) is 9.88. The predicted octanol–water partition coefficient (Wildman–Crippen LogP) is 1.34. The summed E-state index contributed by atoms with van der Waals surface area (Å²) in [6, 6.07) is 0.491. The molecule has 0 spiro atoms. The lowest BCUT2D eigenvalue weighted by atomic mass is 10.2. The minimum Gasteiger partial charge on any atom is -0.337 e. The fourth-order valence-corrected chi connectivity index (χ4v) is 2.65. The molecule has 2 heterocycles. The van der Waals surface area contributed by atoms with Crippen molar-refractivity contribution in [3.63, 3.8) is 0 Å². The average Bonchev–Trinajstić information content (AvgIpc) is 2.90. The molecule has 1 saturated heterocycles. The van der Waals surface area contributed by atoms with E-state index in [1.807, 2.05) is 11.8 Å². The van der Waals surface area contributed by atoms with Crippen molar-refractivity contribution in [2.75, 3.05) is 26.2 Å². The topological polar surface area (TPSA) is 49.3 Å². The fraction of sp³-hybridized carbons (Fsp3) is 0.643. The molecule has 0 aromatic carbocycles. The van der Waals surface area contributed by atoms with Gasteiger partial charge in [0.2, 0.25) is 0 Å². The highest BCUT2D eigenvalue weighted by Gasteiger charge is 2.29. The van der Waals surface area contributed by atoms with E-state index in [4.69, 9.17) is 0 Å². The molecule has 1 aromatic rings. The Hall–Kier alpha value is -1.49. The van der Waals surface area contributed by atoms with E-state index in [9.17, 15) is 4.79 Å². The molecule has 104 valence electrons. The highest BCUT2D eigenvalue weighted by Crippen LogP contribution is 2.17. The smallest absolute Gasteiger partial charge is 0.257 e. The number of amides is 1. The average molecular weight is 262 g/mol. The number of carbonyl (C=O) groups is 1. The van der Waals surface area contributed by atoms with E-state index in [-0.39, 0.29) is 5.91 Å². The van der Waals surface area contributed by atoms with Crippen LogP contribution >= 0.6 is 0 Å². The van der Waals surface area contributed by atoms with Gasteiger partial charge in [0.15, 0.2) is 0 Å². The fourth-order valence-electron chi connectivity index (χ4n) is 2.65. The van der Waals surface area contributed by atoms with Crippen LogP contribution < -0.4 is 0 Å². The standard InChI is InChI=1S/C14H22N4O/c1-4-17(5-2)13-6-7-18(10-13)14(19)12-8-15-11(3)16-9-12/h8-9,13H,4-7,10H2,1-3H3/t13-/m0/s1. The second kappa shape index (κ2) is 6.10. The van der Waals surface area contributed by atoms with E-state index in [0.717, 1.165) is 32.6 Å². The van der Waals surface area contributed by atoms with Gasteiger partial charge in [-0.25, -0.2) is 9.97 Å². The van der Waals surface area contributed by atoms with Gasteiger partial charge in [0.25, 0.3) is 5.91 Å². The van der Waals surface area contributed by atoms with Crippen molar-refractivity contribution in [1.82, 2.24) is 19.8 Å². The second-order valence-electron chi connectivity index (χ2n) is 4.93. The number of carbonyl (C=O) groups excluding carboxylic acids is 1. The second-order valence-corrected chi connectivity index (χ2v) is 4.93. The molecule has 1 fully saturated rings. The van der Waals surface area contributed by atoms with E-state index in [2.05, 4.69) is 28.7 Å². The molecule has 1 aliphatic heterocycles. The summed E-state index contributed by atoms with van der Waals surface area (Å²) in [4.78, 5) is 24.8. The minimum absolute atomic E-state index is 0.0506. The largest absolute Gasteiger partial charge is 0.337 e. The summed E-state index contributed by atoms with van der Waals surface area (Å²) in [5.41, 5.74) is 0.589. The molecule has 0 unspecified atom stereocenters. The molecule has 5 nitrogen and oxygen atoms in total. The molecule has 0 N–H and O–H groups in total. The Kier molecular flexibility index (Phi) is 4.47. The van der Waals surface area contributed by atoms with E-state index < -0.39 is 0 Å². The molecular formula is C14H22N4O. The lowest BCUT2D eigenvalue weighted by Crippen LogP contribution is -2.38. The van der Waals surface area contributed by atoms with Gasteiger partial charge in [-0.3, -0.25) is 9.69 Å². The molecule has 2 rings (SSSR count). The van der Waals surface area contributed by atoms with Crippen molar-refractivity contribution >= 4 is 5.91 Å². The zero-order valence-corrected chi connectivity index (χ0v) is 12.0. The van der Waals surface area contributed by atoms with Crippen LogP contribution in [-0.4, -0.2) is 57.9 Å². The van der Waals surface area contributed by atoms with Gasteiger partial charge in [0, 0.05) is 31.5 Å². The molecule has 1 atom stereocenters. The van der Waals surface area contributed by atoms with Crippen LogP contribution in [0.25, 0.3) is 0 Å². The Bertz CT molecular complexity index is 428. The molecule has 0 bridgehead atoms. The molecule has 0 saturated carbocycles. The van der Waals surface area contributed by atoms with Crippen LogP contribution in [0.1, 0.15) is 36.5 Å². The Labute approximate surface area is 114 Å². The van der Waals surface area contributed by atoms with Gasteiger partial charge < -0.3 is 4.90 Å². The Morgan fingerprint density at radius 3 is 2.58 bits per heavy atom. The first-order valence-corrected chi connectivity index (χ1v) is 6.97. The first-order valence-electron chi connectivity index (χ1n) is 6.97.